The zero-order valence-corrected chi connectivity index (χ0v) is 12.1. The van der Waals surface area contributed by atoms with Crippen molar-refractivity contribution in [2.24, 2.45) is 5.92 Å². The van der Waals surface area contributed by atoms with Gasteiger partial charge in [-0.25, -0.2) is 0 Å². The highest BCUT2D eigenvalue weighted by atomic mass is 16.6. The Hall–Kier alpha value is -1.82. The van der Waals surface area contributed by atoms with Crippen LogP contribution < -0.4 is 10.6 Å². The third-order valence-corrected chi connectivity index (χ3v) is 3.56. The summed E-state index contributed by atoms with van der Waals surface area (Å²) in [6.45, 7) is 8.96. The molecule has 1 heterocycles. The second-order valence-corrected chi connectivity index (χ2v) is 5.65. The van der Waals surface area contributed by atoms with Crippen LogP contribution in [-0.2, 0) is 0 Å². The van der Waals surface area contributed by atoms with E-state index in [1.807, 2.05) is 0 Å². The first kappa shape index (κ1) is 14.6. The van der Waals surface area contributed by atoms with Crippen molar-refractivity contribution in [1.82, 2.24) is 4.90 Å². The summed E-state index contributed by atoms with van der Waals surface area (Å²) in [5.41, 5.74) is 6.65. The zero-order chi connectivity index (χ0) is 14.7. The van der Waals surface area contributed by atoms with Crippen molar-refractivity contribution in [3.63, 3.8) is 0 Å². The maximum Gasteiger partial charge on any atom is 0.315 e. The Morgan fingerprint density at radius 1 is 1.30 bits per heavy atom. The zero-order valence-electron chi connectivity index (χ0n) is 12.1. The molecule has 0 spiro atoms. The third kappa shape index (κ3) is 3.19. The predicted molar refractivity (Wildman–Crippen MR) is 81.0 cm³/mol. The SMILES string of the molecule is CC(C)CN1CCN(c2cccc(N)c2[N+](=O)[O-])CC1. The Morgan fingerprint density at radius 3 is 2.50 bits per heavy atom. The second-order valence-electron chi connectivity index (χ2n) is 5.65. The molecule has 1 aliphatic heterocycles. The second kappa shape index (κ2) is 6.09. The lowest BCUT2D eigenvalue weighted by molar-refractivity contribution is -0.383. The van der Waals surface area contributed by atoms with Crippen LogP contribution in [0.2, 0.25) is 0 Å². The highest BCUT2D eigenvalue weighted by Crippen LogP contribution is 2.33. The summed E-state index contributed by atoms with van der Waals surface area (Å²) in [4.78, 5) is 15.3. The van der Waals surface area contributed by atoms with Gasteiger partial charge in [0.05, 0.1) is 4.92 Å². The summed E-state index contributed by atoms with van der Waals surface area (Å²) in [5.74, 6) is 0.642. The molecule has 110 valence electrons. The number of nitrogen functional groups attached to an aromatic ring is 1. The van der Waals surface area contributed by atoms with Crippen LogP contribution in [0.1, 0.15) is 13.8 Å². The van der Waals surface area contributed by atoms with Crippen LogP contribution in [0.5, 0.6) is 0 Å². The Labute approximate surface area is 119 Å². The first-order valence-electron chi connectivity index (χ1n) is 6.99. The van der Waals surface area contributed by atoms with Gasteiger partial charge in [-0.1, -0.05) is 19.9 Å². The third-order valence-electron chi connectivity index (χ3n) is 3.56. The molecule has 2 N–H and O–H groups in total. The number of hydrogen-bond acceptors (Lipinski definition) is 5. The van der Waals surface area contributed by atoms with Crippen LogP contribution >= 0.6 is 0 Å². The Balaban J connectivity index is 2.11. The molecule has 0 unspecified atom stereocenters. The number of hydrogen-bond donors (Lipinski definition) is 1. The number of para-hydroxylation sites is 1. The molecular formula is C14H22N4O2. The maximum atomic E-state index is 11.2. The van der Waals surface area contributed by atoms with Crippen LogP contribution in [0.25, 0.3) is 0 Å². The standard InChI is InChI=1S/C14H22N4O2/c1-11(2)10-16-6-8-17(9-7-16)13-5-3-4-12(15)14(13)18(19)20/h3-5,11H,6-10,15H2,1-2H3. The van der Waals surface area contributed by atoms with Crippen molar-refractivity contribution in [3.8, 4) is 0 Å². The fourth-order valence-electron chi connectivity index (χ4n) is 2.69. The molecule has 1 fully saturated rings. The van der Waals surface area contributed by atoms with E-state index in [9.17, 15) is 10.1 Å². The van der Waals surface area contributed by atoms with Crippen molar-refractivity contribution in [3.05, 3.63) is 28.3 Å². The smallest absolute Gasteiger partial charge is 0.315 e. The number of benzene rings is 1. The largest absolute Gasteiger partial charge is 0.393 e. The molecule has 1 saturated heterocycles. The van der Waals surface area contributed by atoms with Crippen molar-refractivity contribution < 1.29 is 4.92 Å². The quantitative estimate of drug-likeness (QED) is 0.517. The number of rotatable bonds is 4. The normalized spacial score (nSPS) is 16.6. The van der Waals surface area contributed by atoms with Crippen LogP contribution in [0.3, 0.4) is 0 Å². The first-order valence-corrected chi connectivity index (χ1v) is 6.99. The monoisotopic (exact) mass is 278 g/mol. The number of nitro groups is 1. The lowest BCUT2D eigenvalue weighted by Gasteiger charge is -2.36. The summed E-state index contributed by atoms with van der Waals surface area (Å²) < 4.78 is 0. The molecule has 0 saturated carbocycles. The topological polar surface area (TPSA) is 75.6 Å². The average molecular weight is 278 g/mol. The van der Waals surface area contributed by atoms with Crippen LogP contribution in [0.15, 0.2) is 18.2 Å². The minimum Gasteiger partial charge on any atom is -0.393 e. The van der Waals surface area contributed by atoms with Gasteiger partial charge >= 0.3 is 5.69 Å². The Kier molecular flexibility index (Phi) is 4.44. The minimum absolute atomic E-state index is 0.0322. The molecule has 1 aromatic carbocycles. The molecule has 0 atom stereocenters. The summed E-state index contributed by atoms with van der Waals surface area (Å²) >= 11 is 0. The van der Waals surface area contributed by atoms with Gasteiger partial charge in [-0.05, 0) is 18.1 Å². The van der Waals surface area contributed by atoms with Crippen molar-refractivity contribution in [2.45, 2.75) is 13.8 Å². The predicted octanol–water partition coefficient (Wildman–Crippen LogP) is 1.96. The van der Waals surface area contributed by atoms with E-state index in [1.54, 1.807) is 18.2 Å². The van der Waals surface area contributed by atoms with Gasteiger partial charge in [0, 0.05) is 32.7 Å². The van der Waals surface area contributed by atoms with E-state index in [-0.39, 0.29) is 16.3 Å². The molecule has 1 aliphatic rings. The molecule has 0 aliphatic carbocycles. The molecule has 0 amide bonds. The highest BCUT2D eigenvalue weighted by Gasteiger charge is 2.25. The van der Waals surface area contributed by atoms with E-state index in [4.69, 9.17) is 5.73 Å². The van der Waals surface area contributed by atoms with Gasteiger partial charge in [-0.2, -0.15) is 0 Å². The molecule has 6 nitrogen and oxygen atoms in total. The van der Waals surface area contributed by atoms with E-state index in [2.05, 4.69) is 23.6 Å². The Morgan fingerprint density at radius 2 is 1.95 bits per heavy atom. The van der Waals surface area contributed by atoms with Crippen molar-refractivity contribution >= 4 is 17.1 Å². The van der Waals surface area contributed by atoms with Gasteiger partial charge in [-0.3, -0.25) is 15.0 Å². The molecule has 0 aromatic heterocycles. The summed E-state index contributed by atoms with van der Waals surface area (Å²) in [6.07, 6.45) is 0. The summed E-state index contributed by atoms with van der Waals surface area (Å²) in [7, 11) is 0. The number of nitrogens with two attached hydrogens (primary N) is 1. The number of piperazine rings is 1. The lowest BCUT2D eigenvalue weighted by atomic mass is 10.1. The molecule has 0 bridgehead atoms. The molecule has 6 heteroatoms. The van der Waals surface area contributed by atoms with Gasteiger partial charge in [0.1, 0.15) is 11.4 Å². The van der Waals surface area contributed by atoms with Gasteiger partial charge < -0.3 is 10.6 Å². The first-order chi connectivity index (χ1) is 9.49. The van der Waals surface area contributed by atoms with E-state index < -0.39 is 0 Å². The van der Waals surface area contributed by atoms with Gasteiger partial charge in [0.15, 0.2) is 0 Å². The van der Waals surface area contributed by atoms with Gasteiger partial charge in [0.2, 0.25) is 0 Å². The molecule has 2 rings (SSSR count). The average Bonchev–Trinajstić information content (AvgIpc) is 2.38. The summed E-state index contributed by atoms with van der Waals surface area (Å²) in [5, 5.41) is 11.2. The Bertz CT molecular complexity index is 482. The lowest BCUT2D eigenvalue weighted by Crippen LogP contribution is -2.47. The van der Waals surface area contributed by atoms with Crippen LogP contribution in [0.4, 0.5) is 17.1 Å². The molecule has 1 aromatic rings. The van der Waals surface area contributed by atoms with E-state index >= 15 is 0 Å². The van der Waals surface area contributed by atoms with E-state index in [1.165, 1.54) is 0 Å². The van der Waals surface area contributed by atoms with Crippen molar-refractivity contribution in [1.29, 1.82) is 0 Å². The number of nitrogens with zero attached hydrogens (tertiary/aromatic N) is 3. The fraction of sp³-hybridized carbons (Fsp3) is 0.571. The van der Waals surface area contributed by atoms with Crippen molar-refractivity contribution in [2.75, 3.05) is 43.4 Å². The molecule has 0 radical (unpaired) electrons. The molecule has 20 heavy (non-hydrogen) atoms. The maximum absolute atomic E-state index is 11.2. The fourth-order valence-corrected chi connectivity index (χ4v) is 2.69. The van der Waals surface area contributed by atoms with E-state index in [0.29, 0.717) is 11.6 Å². The number of anilines is 2. The highest BCUT2D eigenvalue weighted by molar-refractivity contribution is 5.75. The van der Waals surface area contributed by atoms with Gasteiger partial charge in [-0.15, -0.1) is 0 Å². The summed E-state index contributed by atoms with van der Waals surface area (Å²) in [6, 6.07) is 5.14. The van der Waals surface area contributed by atoms with E-state index in [0.717, 1.165) is 32.7 Å². The minimum atomic E-state index is -0.384. The number of nitro benzene ring substituents is 1. The van der Waals surface area contributed by atoms with Crippen LogP contribution in [0, 0.1) is 16.0 Å². The van der Waals surface area contributed by atoms with Crippen LogP contribution in [-0.4, -0.2) is 42.5 Å². The van der Waals surface area contributed by atoms with Gasteiger partial charge in [0.25, 0.3) is 0 Å². The molecular weight excluding hydrogens is 256 g/mol.